The lowest BCUT2D eigenvalue weighted by Gasteiger charge is -2.34. The van der Waals surface area contributed by atoms with E-state index >= 15 is 0 Å². The zero-order chi connectivity index (χ0) is 11.8. The van der Waals surface area contributed by atoms with Crippen molar-refractivity contribution in [3.63, 3.8) is 0 Å². The Bertz CT molecular complexity index is 395. The molecule has 2 N–H and O–H groups in total. The van der Waals surface area contributed by atoms with E-state index in [0.29, 0.717) is 6.04 Å². The van der Waals surface area contributed by atoms with E-state index in [9.17, 15) is 5.11 Å². The fraction of sp³-hybridized carbons (Fsp3) is 0.769. The molecule has 0 spiro atoms. The molecule has 17 heavy (non-hydrogen) atoms. The number of aliphatic hydroxyl groups is 1. The van der Waals surface area contributed by atoms with Crippen molar-refractivity contribution in [3.05, 3.63) is 17.7 Å². The Labute approximate surface area is 102 Å². The van der Waals surface area contributed by atoms with Crippen molar-refractivity contribution >= 4 is 0 Å². The predicted octanol–water partition coefficient (Wildman–Crippen LogP) is 1.16. The van der Waals surface area contributed by atoms with Crippen LogP contribution in [-0.4, -0.2) is 27.3 Å². The van der Waals surface area contributed by atoms with Crippen LogP contribution < -0.4 is 5.32 Å². The minimum Gasteiger partial charge on any atom is -0.395 e. The maximum Gasteiger partial charge on any atom is 0.0949 e. The quantitative estimate of drug-likeness (QED) is 0.808. The second-order valence-corrected chi connectivity index (χ2v) is 5.46. The van der Waals surface area contributed by atoms with Crippen molar-refractivity contribution < 1.29 is 5.11 Å². The van der Waals surface area contributed by atoms with Gasteiger partial charge in [0.25, 0.3) is 0 Å². The van der Waals surface area contributed by atoms with Crippen LogP contribution in [0.1, 0.15) is 43.1 Å². The van der Waals surface area contributed by atoms with Gasteiger partial charge in [0.1, 0.15) is 0 Å². The van der Waals surface area contributed by atoms with Crippen molar-refractivity contribution in [1.29, 1.82) is 0 Å². The SMILES string of the molecule is Cn1cnc2c1C(C1CCCC1)NC(CO)C2. The summed E-state index contributed by atoms with van der Waals surface area (Å²) in [6.07, 6.45) is 8.07. The maximum atomic E-state index is 9.39. The largest absolute Gasteiger partial charge is 0.395 e. The fourth-order valence-electron chi connectivity index (χ4n) is 3.44. The Balaban J connectivity index is 1.93. The van der Waals surface area contributed by atoms with Crippen LogP contribution in [0.4, 0.5) is 0 Å². The number of hydrogen-bond acceptors (Lipinski definition) is 3. The number of rotatable bonds is 2. The predicted molar refractivity (Wildman–Crippen MR) is 65.6 cm³/mol. The first-order valence-electron chi connectivity index (χ1n) is 6.66. The molecule has 0 saturated heterocycles. The molecular formula is C13H21N3O. The van der Waals surface area contributed by atoms with Crippen molar-refractivity contribution in [2.75, 3.05) is 6.61 Å². The number of hydrogen-bond donors (Lipinski definition) is 2. The van der Waals surface area contributed by atoms with Crippen LogP contribution in [0.3, 0.4) is 0 Å². The Hall–Kier alpha value is -0.870. The molecule has 3 rings (SSSR count). The molecule has 1 aromatic rings. The molecule has 2 heterocycles. The number of aromatic nitrogens is 2. The zero-order valence-corrected chi connectivity index (χ0v) is 10.4. The van der Waals surface area contributed by atoms with E-state index in [-0.39, 0.29) is 12.6 Å². The standard InChI is InChI=1S/C13H21N3O/c1-16-8-14-11-6-10(7-17)15-12(13(11)16)9-4-2-3-5-9/h8-10,12,15,17H,2-7H2,1H3. The molecule has 1 fully saturated rings. The third-order valence-electron chi connectivity index (χ3n) is 4.30. The summed E-state index contributed by atoms with van der Waals surface area (Å²) in [7, 11) is 2.08. The highest BCUT2D eigenvalue weighted by Crippen LogP contribution is 2.38. The van der Waals surface area contributed by atoms with Gasteiger partial charge in [0, 0.05) is 19.5 Å². The molecule has 0 bridgehead atoms. The van der Waals surface area contributed by atoms with Gasteiger partial charge in [0.2, 0.25) is 0 Å². The smallest absolute Gasteiger partial charge is 0.0949 e. The molecule has 1 aromatic heterocycles. The summed E-state index contributed by atoms with van der Waals surface area (Å²) in [5.74, 6) is 0.721. The number of imidazole rings is 1. The highest BCUT2D eigenvalue weighted by atomic mass is 16.3. The van der Waals surface area contributed by atoms with Crippen LogP contribution in [-0.2, 0) is 13.5 Å². The van der Waals surface area contributed by atoms with Gasteiger partial charge in [-0.25, -0.2) is 4.98 Å². The van der Waals surface area contributed by atoms with E-state index in [4.69, 9.17) is 0 Å². The number of aliphatic hydroxyl groups excluding tert-OH is 1. The molecule has 0 aromatic carbocycles. The van der Waals surface area contributed by atoms with Crippen molar-refractivity contribution in [2.24, 2.45) is 13.0 Å². The summed E-state index contributed by atoms with van der Waals surface area (Å²) in [6, 6.07) is 0.578. The summed E-state index contributed by atoms with van der Waals surface area (Å²) in [5.41, 5.74) is 2.53. The van der Waals surface area contributed by atoms with Gasteiger partial charge in [-0.1, -0.05) is 12.8 Å². The normalized spacial score (nSPS) is 29.5. The Morgan fingerprint density at radius 2 is 2.24 bits per heavy atom. The maximum absolute atomic E-state index is 9.39. The third-order valence-corrected chi connectivity index (χ3v) is 4.30. The number of nitrogens with zero attached hydrogens (tertiary/aromatic N) is 2. The van der Waals surface area contributed by atoms with E-state index in [1.165, 1.54) is 37.1 Å². The van der Waals surface area contributed by atoms with Crippen molar-refractivity contribution in [1.82, 2.24) is 14.9 Å². The van der Waals surface area contributed by atoms with Gasteiger partial charge >= 0.3 is 0 Å². The van der Waals surface area contributed by atoms with Crippen LogP contribution in [0.15, 0.2) is 6.33 Å². The van der Waals surface area contributed by atoms with Gasteiger partial charge in [-0.3, -0.25) is 0 Å². The molecule has 4 heteroatoms. The summed E-state index contributed by atoms with van der Waals surface area (Å²) >= 11 is 0. The summed E-state index contributed by atoms with van der Waals surface area (Å²) in [5, 5.41) is 13.0. The number of aryl methyl sites for hydroxylation is 1. The molecule has 2 atom stereocenters. The highest BCUT2D eigenvalue weighted by molar-refractivity contribution is 5.23. The molecule has 1 saturated carbocycles. The molecule has 1 aliphatic heterocycles. The molecule has 94 valence electrons. The van der Waals surface area contributed by atoms with E-state index in [1.54, 1.807) is 0 Å². The molecule has 4 nitrogen and oxygen atoms in total. The Morgan fingerprint density at radius 1 is 1.47 bits per heavy atom. The first-order chi connectivity index (χ1) is 8.29. The van der Waals surface area contributed by atoms with Gasteiger partial charge in [-0.05, 0) is 18.8 Å². The molecule has 2 aliphatic rings. The van der Waals surface area contributed by atoms with Gasteiger partial charge < -0.3 is 15.0 Å². The van der Waals surface area contributed by atoms with Crippen LogP contribution in [0, 0.1) is 5.92 Å². The second-order valence-electron chi connectivity index (χ2n) is 5.46. The first-order valence-corrected chi connectivity index (χ1v) is 6.66. The number of fused-ring (bicyclic) bond motifs is 1. The van der Waals surface area contributed by atoms with Crippen LogP contribution in [0.25, 0.3) is 0 Å². The van der Waals surface area contributed by atoms with E-state index in [0.717, 1.165) is 12.3 Å². The average molecular weight is 235 g/mol. The molecular weight excluding hydrogens is 214 g/mol. The van der Waals surface area contributed by atoms with E-state index in [2.05, 4.69) is 21.9 Å². The summed E-state index contributed by atoms with van der Waals surface area (Å²) in [4.78, 5) is 4.49. The van der Waals surface area contributed by atoms with Gasteiger partial charge in [0.15, 0.2) is 0 Å². The topological polar surface area (TPSA) is 50.1 Å². The van der Waals surface area contributed by atoms with Crippen LogP contribution in [0.2, 0.25) is 0 Å². The van der Waals surface area contributed by atoms with Crippen LogP contribution >= 0.6 is 0 Å². The van der Waals surface area contributed by atoms with E-state index < -0.39 is 0 Å². The Morgan fingerprint density at radius 3 is 2.94 bits per heavy atom. The average Bonchev–Trinajstić information content (AvgIpc) is 2.98. The summed E-state index contributed by atoms with van der Waals surface area (Å²) < 4.78 is 2.15. The van der Waals surface area contributed by atoms with Crippen molar-refractivity contribution in [2.45, 2.75) is 44.2 Å². The van der Waals surface area contributed by atoms with Gasteiger partial charge in [-0.15, -0.1) is 0 Å². The van der Waals surface area contributed by atoms with Gasteiger partial charge in [-0.2, -0.15) is 0 Å². The zero-order valence-electron chi connectivity index (χ0n) is 10.4. The lowest BCUT2D eigenvalue weighted by atomic mass is 9.88. The molecule has 0 amide bonds. The summed E-state index contributed by atoms with van der Waals surface area (Å²) in [6.45, 7) is 0.208. The minimum atomic E-state index is 0.183. The third kappa shape index (κ3) is 1.89. The highest BCUT2D eigenvalue weighted by Gasteiger charge is 2.35. The number of nitrogens with one attached hydrogen (secondary N) is 1. The van der Waals surface area contributed by atoms with Crippen LogP contribution in [0.5, 0.6) is 0 Å². The lowest BCUT2D eigenvalue weighted by molar-refractivity contribution is 0.199. The molecule has 2 unspecified atom stereocenters. The van der Waals surface area contributed by atoms with Crippen molar-refractivity contribution in [3.8, 4) is 0 Å². The monoisotopic (exact) mass is 235 g/mol. The minimum absolute atomic E-state index is 0.183. The first kappa shape index (κ1) is 11.2. The Kier molecular flexibility index (Phi) is 2.92. The lowest BCUT2D eigenvalue weighted by Crippen LogP contribution is -2.44. The fourth-order valence-corrected chi connectivity index (χ4v) is 3.44. The van der Waals surface area contributed by atoms with Gasteiger partial charge in [0.05, 0.1) is 30.4 Å². The molecule has 1 aliphatic carbocycles. The van der Waals surface area contributed by atoms with E-state index in [1.807, 2.05) is 6.33 Å². The second kappa shape index (κ2) is 4.42. The molecule has 0 radical (unpaired) electrons.